The van der Waals surface area contributed by atoms with Crippen molar-refractivity contribution in [2.45, 2.75) is 6.10 Å². The number of fused-ring (bicyclic) bond motifs is 1. The highest BCUT2D eigenvalue weighted by molar-refractivity contribution is 5.94. The predicted molar refractivity (Wildman–Crippen MR) is 128 cm³/mol. The van der Waals surface area contributed by atoms with Crippen molar-refractivity contribution in [3.63, 3.8) is 0 Å². The zero-order chi connectivity index (χ0) is 23.3. The van der Waals surface area contributed by atoms with Gasteiger partial charge >= 0.3 is 0 Å². The monoisotopic (exact) mass is 452 g/mol. The van der Waals surface area contributed by atoms with Gasteiger partial charge in [0.2, 0.25) is 6.10 Å². The van der Waals surface area contributed by atoms with Crippen molar-refractivity contribution >= 4 is 11.8 Å². The molecule has 1 fully saturated rings. The molecule has 2 aliphatic rings. The van der Waals surface area contributed by atoms with Gasteiger partial charge in [0.15, 0.2) is 11.5 Å². The first-order chi connectivity index (χ1) is 16.7. The lowest BCUT2D eigenvalue weighted by molar-refractivity contribution is -0.142. The summed E-state index contributed by atoms with van der Waals surface area (Å²) in [5.74, 6) is 7.32. The molecule has 170 valence electrons. The highest BCUT2D eigenvalue weighted by Crippen LogP contribution is 2.31. The summed E-state index contributed by atoms with van der Waals surface area (Å²) in [5, 5.41) is 0. The molecule has 0 N–H and O–H groups in total. The fraction of sp³-hybridized carbons (Fsp3) is 0.214. The third-order valence-electron chi connectivity index (χ3n) is 5.92. The van der Waals surface area contributed by atoms with E-state index in [9.17, 15) is 9.59 Å². The highest BCUT2D eigenvalue weighted by atomic mass is 16.6. The first kappa shape index (κ1) is 21.6. The first-order valence-corrected chi connectivity index (χ1v) is 11.3. The van der Waals surface area contributed by atoms with Crippen molar-refractivity contribution in [1.29, 1.82) is 0 Å². The molecule has 0 saturated carbocycles. The Morgan fingerprint density at radius 2 is 1.29 bits per heavy atom. The first-order valence-electron chi connectivity index (χ1n) is 11.3. The maximum absolute atomic E-state index is 12.9. The van der Waals surface area contributed by atoms with Crippen LogP contribution in [-0.4, -0.2) is 60.5 Å². The fourth-order valence-electron chi connectivity index (χ4n) is 4.02. The van der Waals surface area contributed by atoms with Crippen LogP contribution in [0, 0.1) is 11.8 Å². The third kappa shape index (κ3) is 4.74. The summed E-state index contributed by atoms with van der Waals surface area (Å²) in [7, 11) is 0. The molecule has 3 aromatic carbocycles. The second-order valence-corrected chi connectivity index (χ2v) is 8.18. The normalized spacial score (nSPS) is 16.9. The summed E-state index contributed by atoms with van der Waals surface area (Å²) in [4.78, 5) is 29.4. The number of nitrogens with zero attached hydrogens (tertiary/aromatic N) is 2. The van der Waals surface area contributed by atoms with Gasteiger partial charge in [-0.2, -0.15) is 0 Å². The lowest BCUT2D eigenvalue weighted by Crippen LogP contribution is -2.55. The van der Waals surface area contributed by atoms with Gasteiger partial charge < -0.3 is 19.3 Å². The van der Waals surface area contributed by atoms with E-state index in [1.807, 2.05) is 60.7 Å². The van der Waals surface area contributed by atoms with Crippen LogP contribution in [0.15, 0.2) is 78.9 Å². The van der Waals surface area contributed by atoms with Crippen LogP contribution in [0.3, 0.4) is 0 Å². The minimum Gasteiger partial charge on any atom is -0.485 e. The van der Waals surface area contributed by atoms with Crippen molar-refractivity contribution in [3.05, 3.63) is 95.6 Å². The Bertz CT molecular complexity index is 1240. The van der Waals surface area contributed by atoms with Gasteiger partial charge in [0, 0.05) is 42.9 Å². The summed E-state index contributed by atoms with van der Waals surface area (Å²) in [5.41, 5.74) is 2.42. The van der Waals surface area contributed by atoms with Crippen LogP contribution < -0.4 is 9.47 Å². The van der Waals surface area contributed by atoms with Crippen LogP contribution >= 0.6 is 0 Å². The summed E-state index contributed by atoms with van der Waals surface area (Å²) in [6.07, 6.45) is -0.665. The number of carbonyl (C=O) groups is 2. The minimum absolute atomic E-state index is 0.0409. The van der Waals surface area contributed by atoms with E-state index in [2.05, 4.69) is 11.8 Å². The van der Waals surface area contributed by atoms with Crippen molar-refractivity contribution in [1.82, 2.24) is 9.80 Å². The quantitative estimate of drug-likeness (QED) is 0.561. The van der Waals surface area contributed by atoms with Crippen LogP contribution in [0.2, 0.25) is 0 Å². The van der Waals surface area contributed by atoms with E-state index in [1.54, 1.807) is 28.0 Å². The lowest BCUT2D eigenvalue weighted by Gasteiger charge is -2.37. The standard InChI is InChI=1S/C28H24N2O4/c31-27(23-14-12-22(13-15-23)11-10-21-6-2-1-3-7-21)29-16-18-30(19-17-29)28(32)26-20-33-24-8-4-5-9-25(24)34-26/h1-9,12-15,26H,16-20H2. The third-order valence-corrected chi connectivity index (χ3v) is 5.92. The molecule has 2 aliphatic heterocycles. The number of para-hydroxylation sites is 2. The molecular formula is C28H24N2O4. The Balaban J connectivity index is 1.15. The summed E-state index contributed by atoms with van der Waals surface area (Å²) in [6.45, 7) is 2.07. The van der Waals surface area contributed by atoms with E-state index in [4.69, 9.17) is 9.47 Å². The van der Waals surface area contributed by atoms with Crippen molar-refractivity contribution in [3.8, 4) is 23.3 Å². The Morgan fingerprint density at radius 3 is 2.00 bits per heavy atom. The minimum atomic E-state index is -0.665. The summed E-state index contributed by atoms with van der Waals surface area (Å²) < 4.78 is 11.5. The maximum atomic E-state index is 12.9. The fourth-order valence-corrected chi connectivity index (χ4v) is 4.02. The molecule has 6 heteroatoms. The molecule has 1 saturated heterocycles. The highest BCUT2D eigenvalue weighted by Gasteiger charge is 2.33. The van der Waals surface area contributed by atoms with Crippen LogP contribution in [0.1, 0.15) is 21.5 Å². The van der Waals surface area contributed by atoms with Gasteiger partial charge in [-0.05, 0) is 48.5 Å². The number of benzene rings is 3. The van der Waals surface area contributed by atoms with Crippen LogP contribution in [0.4, 0.5) is 0 Å². The van der Waals surface area contributed by atoms with Crippen LogP contribution in [-0.2, 0) is 4.79 Å². The van der Waals surface area contributed by atoms with Crippen molar-refractivity contribution < 1.29 is 19.1 Å². The Hall–Kier alpha value is -4.24. The van der Waals surface area contributed by atoms with Gasteiger partial charge in [0.1, 0.15) is 6.61 Å². The molecule has 2 heterocycles. The van der Waals surface area contributed by atoms with Gasteiger partial charge in [0.25, 0.3) is 11.8 Å². The summed E-state index contributed by atoms with van der Waals surface area (Å²) in [6, 6.07) is 24.5. The molecular weight excluding hydrogens is 428 g/mol. The van der Waals surface area contributed by atoms with E-state index in [0.717, 1.165) is 11.1 Å². The second kappa shape index (κ2) is 9.72. The van der Waals surface area contributed by atoms with E-state index in [0.29, 0.717) is 43.2 Å². The van der Waals surface area contributed by atoms with Gasteiger partial charge in [-0.1, -0.05) is 42.2 Å². The van der Waals surface area contributed by atoms with Gasteiger partial charge in [0.05, 0.1) is 0 Å². The average molecular weight is 453 g/mol. The van der Waals surface area contributed by atoms with Crippen LogP contribution in [0.25, 0.3) is 0 Å². The van der Waals surface area contributed by atoms with E-state index in [-0.39, 0.29) is 18.4 Å². The van der Waals surface area contributed by atoms with Gasteiger partial charge in [-0.3, -0.25) is 9.59 Å². The Morgan fingerprint density at radius 1 is 0.706 bits per heavy atom. The molecule has 0 bridgehead atoms. The smallest absolute Gasteiger partial charge is 0.267 e. The van der Waals surface area contributed by atoms with E-state index >= 15 is 0 Å². The Kier molecular flexibility index (Phi) is 6.17. The maximum Gasteiger partial charge on any atom is 0.267 e. The number of piperazine rings is 1. The largest absolute Gasteiger partial charge is 0.485 e. The lowest BCUT2D eigenvalue weighted by atomic mass is 10.1. The average Bonchev–Trinajstić information content (AvgIpc) is 2.92. The number of rotatable bonds is 2. The topological polar surface area (TPSA) is 59.1 Å². The van der Waals surface area contributed by atoms with E-state index in [1.165, 1.54) is 0 Å². The van der Waals surface area contributed by atoms with Crippen LogP contribution in [0.5, 0.6) is 11.5 Å². The molecule has 6 nitrogen and oxygen atoms in total. The molecule has 0 aromatic heterocycles. The molecule has 34 heavy (non-hydrogen) atoms. The molecule has 3 aromatic rings. The molecule has 0 spiro atoms. The van der Waals surface area contributed by atoms with Gasteiger partial charge in [-0.25, -0.2) is 0 Å². The predicted octanol–water partition coefficient (Wildman–Crippen LogP) is 3.21. The van der Waals surface area contributed by atoms with Crippen molar-refractivity contribution in [2.75, 3.05) is 32.8 Å². The van der Waals surface area contributed by atoms with Gasteiger partial charge in [-0.15, -0.1) is 0 Å². The molecule has 1 atom stereocenters. The molecule has 2 amide bonds. The summed E-state index contributed by atoms with van der Waals surface area (Å²) >= 11 is 0. The van der Waals surface area contributed by atoms with Crippen molar-refractivity contribution in [2.24, 2.45) is 0 Å². The number of amides is 2. The zero-order valence-electron chi connectivity index (χ0n) is 18.6. The van der Waals surface area contributed by atoms with E-state index < -0.39 is 6.10 Å². The number of ether oxygens (including phenoxy) is 2. The molecule has 0 radical (unpaired) electrons. The molecule has 0 aliphatic carbocycles. The molecule has 5 rings (SSSR count). The second-order valence-electron chi connectivity index (χ2n) is 8.18. The zero-order valence-corrected chi connectivity index (χ0v) is 18.6. The SMILES string of the molecule is O=C(c1ccc(C#Cc2ccccc2)cc1)N1CCN(C(=O)C2COc3ccccc3O2)CC1. The number of hydrogen-bond donors (Lipinski definition) is 0. The number of carbonyl (C=O) groups excluding carboxylic acids is 2. The molecule has 1 unspecified atom stereocenters. The number of hydrogen-bond acceptors (Lipinski definition) is 4. The Labute approximate surface area is 198 Å².